The Bertz CT molecular complexity index is 438. The molecule has 0 amide bonds. The van der Waals surface area contributed by atoms with Gasteiger partial charge in [0.25, 0.3) is 0 Å². The van der Waals surface area contributed by atoms with Crippen molar-refractivity contribution in [1.29, 1.82) is 0 Å². The lowest BCUT2D eigenvalue weighted by atomic mass is 10.1. The van der Waals surface area contributed by atoms with Gasteiger partial charge in [0.15, 0.2) is 11.5 Å². The molecule has 0 bridgehead atoms. The van der Waals surface area contributed by atoms with Gasteiger partial charge in [-0.15, -0.1) is 0 Å². The number of aliphatic hydroxyl groups excluding tert-OH is 1. The van der Waals surface area contributed by atoms with Crippen LogP contribution in [0.25, 0.3) is 6.08 Å². The highest BCUT2D eigenvalue weighted by Gasteiger charge is 2.17. The zero-order valence-corrected chi connectivity index (χ0v) is 10.7. The molecule has 1 aromatic rings. The van der Waals surface area contributed by atoms with E-state index in [-0.39, 0.29) is 6.79 Å². The molecular formula is C12H13BrO3. The standard InChI is InChI=1S/C12H13BrO3/c1-7(8(2)14)3-9-4-10(13)12-11(5-9)15-6-16-12/h3-5,8,14H,6H2,1-2H3/b7-3+. The fourth-order valence-corrected chi connectivity index (χ4v) is 2.03. The molecule has 1 N–H and O–H groups in total. The molecule has 0 saturated heterocycles. The van der Waals surface area contributed by atoms with Crippen LogP contribution in [0.1, 0.15) is 19.4 Å². The third-order valence-corrected chi connectivity index (χ3v) is 3.09. The van der Waals surface area contributed by atoms with Crippen molar-refractivity contribution in [1.82, 2.24) is 0 Å². The minimum absolute atomic E-state index is 0.260. The molecule has 2 rings (SSSR count). The molecule has 1 aromatic carbocycles. The van der Waals surface area contributed by atoms with E-state index in [9.17, 15) is 5.11 Å². The molecule has 1 aliphatic heterocycles. The third-order valence-electron chi connectivity index (χ3n) is 2.50. The Balaban J connectivity index is 2.37. The number of hydrogen-bond acceptors (Lipinski definition) is 3. The van der Waals surface area contributed by atoms with E-state index < -0.39 is 6.10 Å². The number of rotatable bonds is 2. The summed E-state index contributed by atoms with van der Waals surface area (Å²) in [4.78, 5) is 0. The molecule has 16 heavy (non-hydrogen) atoms. The van der Waals surface area contributed by atoms with E-state index in [0.29, 0.717) is 0 Å². The first-order chi connectivity index (χ1) is 7.58. The van der Waals surface area contributed by atoms with Crippen LogP contribution in [0.15, 0.2) is 22.2 Å². The topological polar surface area (TPSA) is 38.7 Å². The monoisotopic (exact) mass is 284 g/mol. The van der Waals surface area contributed by atoms with Crippen molar-refractivity contribution < 1.29 is 14.6 Å². The highest BCUT2D eigenvalue weighted by molar-refractivity contribution is 9.10. The van der Waals surface area contributed by atoms with Gasteiger partial charge in [-0.05, 0) is 53.0 Å². The molecule has 0 fully saturated rings. The average Bonchev–Trinajstić information content (AvgIpc) is 2.65. The van der Waals surface area contributed by atoms with Gasteiger partial charge in [-0.3, -0.25) is 0 Å². The lowest BCUT2D eigenvalue weighted by Crippen LogP contribution is -2.00. The molecule has 1 unspecified atom stereocenters. The van der Waals surface area contributed by atoms with Gasteiger partial charge >= 0.3 is 0 Å². The van der Waals surface area contributed by atoms with Gasteiger partial charge in [-0.1, -0.05) is 6.08 Å². The normalized spacial score (nSPS) is 16.4. The van der Waals surface area contributed by atoms with Crippen LogP contribution in [0.4, 0.5) is 0 Å². The number of halogens is 1. The van der Waals surface area contributed by atoms with Crippen molar-refractivity contribution in [3.05, 3.63) is 27.7 Å². The Kier molecular flexibility index (Phi) is 3.21. The largest absolute Gasteiger partial charge is 0.454 e. The zero-order chi connectivity index (χ0) is 11.7. The summed E-state index contributed by atoms with van der Waals surface area (Å²) in [6.07, 6.45) is 1.49. The Hall–Kier alpha value is -1.00. The highest BCUT2D eigenvalue weighted by atomic mass is 79.9. The molecule has 1 aliphatic rings. The SMILES string of the molecule is C/C(=C\c1cc(Br)c2c(c1)OCO2)C(C)O. The molecule has 0 radical (unpaired) electrons. The van der Waals surface area contributed by atoms with Gasteiger partial charge in [0, 0.05) is 0 Å². The summed E-state index contributed by atoms with van der Waals surface area (Å²) in [7, 11) is 0. The van der Waals surface area contributed by atoms with E-state index in [1.165, 1.54) is 0 Å². The van der Waals surface area contributed by atoms with Gasteiger partial charge < -0.3 is 14.6 Å². The maximum atomic E-state index is 9.41. The molecule has 1 atom stereocenters. The van der Waals surface area contributed by atoms with Crippen LogP contribution in [0.3, 0.4) is 0 Å². The van der Waals surface area contributed by atoms with Crippen molar-refractivity contribution in [2.45, 2.75) is 20.0 Å². The Morgan fingerprint density at radius 3 is 2.94 bits per heavy atom. The molecule has 4 heteroatoms. The number of ether oxygens (including phenoxy) is 2. The quantitative estimate of drug-likeness (QED) is 0.908. The maximum absolute atomic E-state index is 9.41. The fraction of sp³-hybridized carbons (Fsp3) is 0.333. The van der Waals surface area contributed by atoms with Crippen LogP contribution < -0.4 is 9.47 Å². The first-order valence-corrected chi connectivity index (χ1v) is 5.82. The summed E-state index contributed by atoms with van der Waals surface area (Å²) in [6.45, 7) is 3.90. The number of hydrogen-bond donors (Lipinski definition) is 1. The van der Waals surface area contributed by atoms with Crippen molar-refractivity contribution in [2.75, 3.05) is 6.79 Å². The smallest absolute Gasteiger partial charge is 0.231 e. The molecule has 0 spiro atoms. The van der Waals surface area contributed by atoms with Crippen LogP contribution in [0.2, 0.25) is 0 Å². The summed E-state index contributed by atoms with van der Waals surface area (Å²) in [5.74, 6) is 1.48. The lowest BCUT2D eigenvalue weighted by molar-refractivity contribution is 0.173. The van der Waals surface area contributed by atoms with Gasteiger partial charge in [0.2, 0.25) is 6.79 Å². The van der Waals surface area contributed by atoms with Crippen LogP contribution >= 0.6 is 15.9 Å². The van der Waals surface area contributed by atoms with Gasteiger partial charge in [-0.2, -0.15) is 0 Å². The van der Waals surface area contributed by atoms with E-state index in [1.54, 1.807) is 6.92 Å². The van der Waals surface area contributed by atoms with Crippen LogP contribution in [-0.4, -0.2) is 18.0 Å². The second-order valence-electron chi connectivity index (χ2n) is 3.80. The van der Waals surface area contributed by atoms with E-state index >= 15 is 0 Å². The van der Waals surface area contributed by atoms with Crippen LogP contribution in [0.5, 0.6) is 11.5 Å². The molecule has 0 aromatic heterocycles. The summed E-state index contributed by atoms with van der Waals surface area (Å²) in [5.41, 5.74) is 1.89. The predicted molar refractivity (Wildman–Crippen MR) is 65.6 cm³/mol. The minimum atomic E-state index is -0.441. The Labute approximate surface area is 103 Å². The first-order valence-electron chi connectivity index (χ1n) is 5.03. The third kappa shape index (κ3) is 2.23. The Morgan fingerprint density at radius 2 is 2.25 bits per heavy atom. The fourth-order valence-electron chi connectivity index (χ4n) is 1.45. The summed E-state index contributed by atoms with van der Waals surface area (Å²) in [5, 5.41) is 9.41. The summed E-state index contributed by atoms with van der Waals surface area (Å²) in [6, 6.07) is 3.85. The van der Waals surface area contributed by atoms with Gasteiger partial charge in [0.1, 0.15) is 0 Å². The van der Waals surface area contributed by atoms with Gasteiger partial charge in [-0.25, -0.2) is 0 Å². The van der Waals surface area contributed by atoms with E-state index in [1.807, 2.05) is 25.1 Å². The van der Waals surface area contributed by atoms with Crippen molar-refractivity contribution in [3.63, 3.8) is 0 Å². The van der Waals surface area contributed by atoms with Crippen LogP contribution in [0, 0.1) is 0 Å². The maximum Gasteiger partial charge on any atom is 0.231 e. The summed E-state index contributed by atoms with van der Waals surface area (Å²) >= 11 is 3.43. The molecular weight excluding hydrogens is 272 g/mol. The van der Waals surface area contributed by atoms with Crippen molar-refractivity contribution in [3.8, 4) is 11.5 Å². The average molecular weight is 285 g/mol. The second-order valence-corrected chi connectivity index (χ2v) is 4.66. The summed E-state index contributed by atoms with van der Waals surface area (Å²) < 4.78 is 11.5. The second kappa shape index (κ2) is 4.47. The number of fused-ring (bicyclic) bond motifs is 1. The van der Waals surface area contributed by atoms with Crippen molar-refractivity contribution >= 4 is 22.0 Å². The number of aliphatic hydroxyl groups is 1. The lowest BCUT2D eigenvalue weighted by Gasteiger charge is -2.06. The Morgan fingerprint density at radius 1 is 1.50 bits per heavy atom. The molecule has 0 aliphatic carbocycles. The highest BCUT2D eigenvalue weighted by Crippen LogP contribution is 2.40. The minimum Gasteiger partial charge on any atom is -0.454 e. The predicted octanol–water partition coefficient (Wildman–Crippen LogP) is 2.96. The zero-order valence-electron chi connectivity index (χ0n) is 9.16. The molecule has 1 heterocycles. The van der Waals surface area contributed by atoms with E-state index in [4.69, 9.17) is 9.47 Å². The van der Waals surface area contributed by atoms with E-state index in [0.717, 1.165) is 27.1 Å². The van der Waals surface area contributed by atoms with Crippen LogP contribution in [-0.2, 0) is 0 Å². The molecule has 86 valence electrons. The molecule has 3 nitrogen and oxygen atoms in total. The van der Waals surface area contributed by atoms with Gasteiger partial charge in [0.05, 0.1) is 10.6 Å². The van der Waals surface area contributed by atoms with E-state index in [2.05, 4.69) is 15.9 Å². The number of benzene rings is 1. The van der Waals surface area contributed by atoms with Crippen molar-refractivity contribution in [2.24, 2.45) is 0 Å². The first kappa shape index (κ1) is 11.5. The molecule has 0 saturated carbocycles.